The molecule has 0 bridgehead atoms. The van der Waals surface area contributed by atoms with Crippen molar-refractivity contribution in [1.82, 2.24) is 0 Å². The average Bonchev–Trinajstić information content (AvgIpc) is 2.13. The predicted molar refractivity (Wildman–Crippen MR) is 66.3 cm³/mol. The molecule has 0 aromatic rings. The zero-order chi connectivity index (χ0) is 14.3. The lowest BCUT2D eigenvalue weighted by atomic mass is 10.3. The molecular weight excluding hydrogens is 236 g/mol. The highest BCUT2D eigenvalue weighted by Crippen LogP contribution is 2.21. The summed E-state index contributed by atoms with van der Waals surface area (Å²) in [5, 5.41) is 10.0. The number of rotatable bonds is 7. The van der Waals surface area contributed by atoms with Crippen molar-refractivity contribution in [2.24, 2.45) is 0 Å². The van der Waals surface area contributed by atoms with E-state index in [1.54, 1.807) is 6.92 Å². The number of aliphatic hydroxyl groups is 1. The Morgan fingerprint density at radius 3 is 1.56 bits per heavy atom. The molecule has 0 aliphatic rings. The number of hydrogen-bond acceptors (Lipinski definition) is 5. The maximum atomic E-state index is 10.9. The Morgan fingerprint density at radius 1 is 1.00 bits per heavy atom. The molecule has 1 N–H and O–H groups in total. The summed E-state index contributed by atoms with van der Waals surface area (Å²) in [6, 6.07) is 0. The number of hydrogen-bond donors (Lipinski definition) is 1. The van der Waals surface area contributed by atoms with Crippen LogP contribution in [-0.2, 0) is 19.1 Å². The van der Waals surface area contributed by atoms with Crippen LogP contribution in [0.1, 0.15) is 41.0 Å². The second-order valence-corrected chi connectivity index (χ2v) is 4.00. The first-order chi connectivity index (χ1) is 8.18. The first kappa shape index (κ1) is 16.4. The van der Waals surface area contributed by atoms with E-state index in [9.17, 15) is 14.7 Å². The molecule has 0 amide bonds. The van der Waals surface area contributed by atoms with E-state index in [2.05, 4.69) is 0 Å². The molecule has 0 aromatic carbocycles. The van der Waals surface area contributed by atoms with Crippen molar-refractivity contribution in [3.05, 3.63) is 23.7 Å². The average molecular weight is 256 g/mol. The lowest BCUT2D eigenvalue weighted by Crippen LogP contribution is -2.34. The van der Waals surface area contributed by atoms with Crippen LogP contribution in [0.15, 0.2) is 23.7 Å². The molecule has 0 heterocycles. The molecule has 5 nitrogen and oxygen atoms in total. The monoisotopic (exact) mass is 256 g/mol. The van der Waals surface area contributed by atoms with Crippen LogP contribution < -0.4 is 0 Å². The van der Waals surface area contributed by atoms with Gasteiger partial charge in [-0.2, -0.15) is 0 Å². The van der Waals surface area contributed by atoms with E-state index in [-0.39, 0.29) is 29.5 Å². The third-order valence-corrected chi connectivity index (χ3v) is 1.90. The van der Waals surface area contributed by atoms with Crippen LogP contribution in [0.2, 0.25) is 0 Å². The minimum absolute atomic E-state index is 0.138. The maximum absolute atomic E-state index is 10.9. The topological polar surface area (TPSA) is 72.8 Å². The van der Waals surface area contributed by atoms with Crippen LogP contribution >= 0.6 is 0 Å². The molecule has 0 saturated heterocycles. The van der Waals surface area contributed by atoms with E-state index in [0.717, 1.165) is 0 Å². The minimum atomic E-state index is -1.88. The van der Waals surface area contributed by atoms with Gasteiger partial charge in [0.25, 0.3) is 0 Å². The van der Waals surface area contributed by atoms with Gasteiger partial charge in [-0.15, -0.1) is 0 Å². The summed E-state index contributed by atoms with van der Waals surface area (Å²) in [5.41, 5.74) is 0. The van der Waals surface area contributed by atoms with Gasteiger partial charge < -0.3 is 14.6 Å². The number of carbonyl (C=O) groups excluding carboxylic acids is 2. The Labute approximate surface area is 107 Å². The van der Waals surface area contributed by atoms with Gasteiger partial charge in [-0.1, -0.05) is 6.92 Å². The molecule has 1 atom stereocenters. The van der Waals surface area contributed by atoms with Gasteiger partial charge in [0.15, 0.2) is 11.6 Å². The zero-order valence-electron chi connectivity index (χ0n) is 11.4. The quantitative estimate of drug-likeness (QED) is 0.429. The molecule has 0 fully saturated rings. The van der Waals surface area contributed by atoms with E-state index >= 15 is 0 Å². The molecule has 0 radical (unpaired) electrons. The molecule has 1 unspecified atom stereocenters. The van der Waals surface area contributed by atoms with Crippen LogP contribution in [0.5, 0.6) is 0 Å². The molecule has 18 heavy (non-hydrogen) atoms. The molecule has 0 aliphatic heterocycles. The van der Waals surface area contributed by atoms with E-state index in [1.165, 1.54) is 39.8 Å². The zero-order valence-corrected chi connectivity index (χ0v) is 11.4. The Hall–Kier alpha value is -1.62. The van der Waals surface area contributed by atoms with Gasteiger partial charge in [0.2, 0.25) is 0 Å². The van der Waals surface area contributed by atoms with Crippen LogP contribution in [0.25, 0.3) is 0 Å². The summed E-state index contributed by atoms with van der Waals surface area (Å²) < 4.78 is 10.3. The van der Waals surface area contributed by atoms with Crippen LogP contribution in [0.4, 0.5) is 0 Å². The van der Waals surface area contributed by atoms with E-state index in [1.807, 2.05) is 0 Å². The SMILES string of the molecule is CCC(O)(O/C(C)=C\C(C)=O)O/C(C)=C/C(C)=O. The number of allylic oxidation sites excluding steroid dienone is 4. The highest BCUT2D eigenvalue weighted by atomic mass is 16.8. The van der Waals surface area contributed by atoms with Gasteiger partial charge in [-0.25, -0.2) is 0 Å². The second-order valence-electron chi connectivity index (χ2n) is 4.00. The van der Waals surface area contributed by atoms with Crippen LogP contribution in [0.3, 0.4) is 0 Å². The molecule has 0 aliphatic carbocycles. The van der Waals surface area contributed by atoms with Crippen molar-refractivity contribution in [1.29, 1.82) is 0 Å². The highest BCUT2D eigenvalue weighted by Gasteiger charge is 2.30. The lowest BCUT2D eigenvalue weighted by Gasteiger charge is -2.28. The van der Waals surface area contributed by atoms with E-state index in [0.29, 0.717) is 0 Å². The van der Waals surface area contributed by atoms with E-state index < -0.39 is 5.97 Å². The van der Waals surface area contributed by atoms with Gasteiger partial charge in [0.05, 0.1) is 6.42 Å². The fourth-order valence-electron chi connectivity index (χ4n) is 1.30. The van der Waals surface area contributed by atoms with Gasteiger partial charge in [0, 0.05) is 12.2 Å². The molecule has 0 spiro atoms. The van der Waals surface area contributed by atoms with Crippen molar-refractivity contribution >= 4 is 11.6 Å². The minimum Gasteiger partial charge on any atom is -0.435 e. The lowest BCUT2D eigenvalue weighted by molar-refractivity contribution is -0.328. The summed E-state index contributed by atoms with van der Waals surface area (Å²) in [4.78, 5) is 21.7. The standard InChI is InChI=1S/C13H20O5/c1-6-13(16,17-11(4)7-9(2)14)18-12(5)8-10(3)15/h7-8,16H,6H2,1-5H3/b11-7-,12-8+. The summed E-state index contributed by atoms with van der Waals surface area (Å²) in [6.45, 7) is 7.48. The molecule has 0 rings (SSSR count). The smallest absolute Gasteiger partial charge is 0.368 e. The summed E-state index contributed by atoms with van der Waals surface area (Å²) in [7, 11) is 0. The molecule has 102 valence electrons. The normalized spacial score (nSPS) is 15.9. The third kappa shape index (κ3) is 6.85. The number of ketones is 2. The van der Waals surface area contributed by atoms with Crippen molar-refractivity contribution in [2.75, 3.05) is 0 Å². The Morgan fingerprint density at radius 2 is 1.33 bits per heavy atom. The Kier molecular flexibility index (Phi) is 6.33. The van der Waals surface area contributed by atoms with E-state index in [4.69, 9.17) is 9.47 Å². The van der Waals surface area contributed by atoms with Gasteiger partial charge >= 0.3 is 5.97 Å². The van der Waals surface area contributed by atoms with Crippen molar-refractivity contribution in [2.45, 2.75) is 47.0 Å². The maximum Gasteiger partial charge on any atom is 0.368 e. The van der Waals surface area contributed by atoms with Gasteiger partial charge in [-0.05, 0) is 27.7 Å². The predicted octanol–water partition coefficient (Wildman–Crippen LogP) is 2.06. The van der Waals surface area contributed by atoms with Crippen molar-refractivity contribution in [3.63, 3.8) is 0 Å². The summed E-state index contributed by atoms with van der Waals surface area (Å²) in [6.07, 6.45) is 2.63. The Balaban J connectivity index is 4.82. The van der Waals surface area contributed by atoms with Crippen molar-refractivity contribution < 1.29 is 24.2 Å². The van der Waals surface area contributed by atoms with Crippen LogP contribution in [-0.4, -0.2) is 22.6 Å². The third-order valence-electron chi connectivity index (χ3n) is 1.90. The fourth-order valence-corrected chi connectivity index (χ4v) is 1.30. The number of carbonyl (C=O) groups is 2. The molecule has 0 aromatic heterocycles. The van der Waals surface area contributed by atoms with Gasteiger partial charge in [-0.3, -0.25) is 9.59 Å². The largest absolute Gasteiger partial charge is 0.435 e. The first-order valence-corrected chi connectivity index (χ1v) is 5.66. The molecule has 5 heteroatoms. The molecule has 0 saturated carbocycles. The number of ether oxygens (including phenoxy) is 2. The molecular formula is C13H20O5. The highest BCUT2D eigenvalue weighted by molar-refractivity contribution is 5.87. The fraction of sp³-hybridized carbons (Fsp3) is 0.538. The van der Waals surface area contributed by atoms with Gasteiger partial charge in [0.1, 0.15) is 11.5 Å². The summed E-state index contributed by atoms with van der Waals surface area (Å²) >= 11 is 0. The first-order valence-electron chi connectivity index (χ1n) is 5.66. The van der Waals surface area contributed by atoms with Crippen LogP contribution in [0, 0.1) is 0 Å². The second kappa shape index (κ2) is 6.96. The Bertz CT molecular complexity index is 347. The van der Waals surface area contributed by atoms with Crippen molar-refractivity contribution in [3.8, 4) is 0 Å². The summed E-state index contributed by atoms with van der Waals surface area (Å²) in [5.74, 6) is -1.79.